The van der Waals surface area contributed by atoms with Gasteiger partial charge in [0.15, 0.2) is 0 Å². The molecule has 8 heteroatoms. The Labute approximate surface area is 285 Å². The molecule has 0 saturated heterocycles. The maximum atomic E-state index is 4.87. The van der Waals surface area contributed by atoms with Gasteiger partial charge in [-0.05, 0) is 134 Å². The summed E-state index contributed by atoms with van der Waals surface area (Å²) in [7, 11) is 0. The van der Waals surface area contributed by atoms with Crippen molar-refractivity contribution >= 4 is 105 Å². The minimum Gasteiger partial charge on any atom is -0.355 e. The predicted molar refractivity (Wildman–Crippen MR) is 207 cm³/mol. The van der Waals surface area contributed by atoms with Crippen molar-refractivity contribution in [2.24, 2.45) is 0 Å². The van der Waals surface area contributed by atoms with E-state index in [1.54, 1.807) is 0 Å². The molecule has 4 aliphatic heterocycles. The number of fused-ring (bicyclic) bond motifs is 16. The molecular weight excluding hydrogens is 617 g/mol. The van der Waals surface area contributed by atoms with Crippen LogP contribution in [0, 0.1) is 0 Å². The first-order valence-electron chi connectivity index (χ1n) is 16.4. The lowest BCUT2D eigenvalue weighted by molar-refractivity contribution is 1.31. The molecule has 0 amide bonds. The van der Waals surface area contributed by atoms with Crippen molar-refractivity contribution in [3.05, 3.63) is 142 Å². The van der Waals surface area contributed by atoms with Crippen molar-refractivity contribution in [3.8, 4) is 0 Å². The number of nitrogens with zero attached hydrogens (tertiary/aromatic N) is 4. The van der Waals surface area contributed by atoms with Crippen molar-refractivity contribution in [2.45, 2.75) is 0 Å². The summed E-state index contributed by atoms with van der Waals surface area (Å²) < 4.78 is 0. The highest BCUT2D eigenvalue weighted by atomic mass is 14.8. The van der Waals surface area contributed by atoms with Gasteiger partial charge in [0.2, 0.25) is 0 Å². The van der Waals surface area contributed by atoms with Crippen LogP contribution in [0.2, 0.25) is 0 Å². The van der Waals surface area contributed by atoms with Crippen molar-refractivity contribution in [1.82, 2.24) is 39.9 Å². The predicted octanol–water partition coefficient (Wildman–Crippen LogP) is 9.79. The number of aromatic nitrogens is 8. The number of H-pyrrole nitrogens is 4. The summed E-state index contributed by atoms with van der Waals surface area (Å²) in [4.78, 5) is 33.5. The van der Waals surface area contributed by atoms with Gasteiger partial charge in [-0.25, -0.2) is 19.9 Å². The average Bonchev–Trinajstić information content (AvgIpc) is 3.94. The molecule has 4 N–H and O–H groups in total. The molecule has 8 nitrogen and oxygen atoms in total. The monoisotopic (exact) mass is 644 g/mol. The van der Waals surface area contributed by atoms with Crippen LogP contribution in [0.1, 0.15) is 56.7 Å². The second-order valence-corrected chi connectivity index (χ2v) is 12.6. The average molecular weight is 645 g/mol. The van der Waals surface area contributed by atoms with Crippen LogP contribution in [-0.4, -0.2) is 39.9 Å². The minimum absolute atomic E-state index is 0.874. The van der Waals surface area contributed by atoms with Crippen LogP contribution in [-0.2, 0) is 0 Å². The lowest BCUT2D eigenvalue weighted by atomic mass is 10.1. The van der Waals surface area contributed by atoms with Crippen LogP contribution >= 0.6 is 0 Å². The van der Waals surface area contributed by atoms with Gasteiger partial charge in [-0.15, -0.1) is 0 Å². The first-order valence-corrected chi connectivity index (χ1v) is 16.4. The number of aromatic amines is 4. The van der Waals surface area contributed by atoms with E-state index in [0.717, 1.165) is 101 Å². The van der Waals surface area contributed by atoms with Gasteiger partial charge in [0, 0.05) is 55.3 Å². The van der Waals surface area contributed by atoms with Crippen LogP contribution < -0.4 is 0 Å². The highest BCUT2D eigenvalue weighted by molar-refractivity contribution is 5.89. The van der Waals surface area contributed by atoms with Crippen LogP contribution in [0.5, 0.6) is 0 Å². The Kier molecular flexibility index (Phi) is 6.32. The fraction of sp³-hybridized carbons (Fsp3) is 0. The lowest BCUT2D eigenvalue weighted by Gasteiger charge is -1.91. The quantitative estimate of drug-likeness (QED) is 0.150. The van der Waals surface area contributed by atoms with E-state index in [-0.39, 0.29) is 0 Å². The number of nitrogens with one attached hydrogen (secondary N) is 4. The third kappa shape index (κ3) is 5.61. The summed E-state index contributed by atoms with van der Waals surface area (Å²) in [6, 6.07) is 29.0. The fourth-order valence-electron chi connectivity index (χ4n) is 6.54. The molecule has 6 aromatic rings. The van der Waals surface area contributed by atoms with Crippen molar-refractivity contribution in [1.29, 1.82) is 0 Å². The molecule has 236 valence electrons. The van der Waals surface area contributed by atoms with Gasteiger partial charge in [-0.1, -0.05) is 12.2 Å². The molecule has 0 saturated carbocycles. The Morgan fingerprint density at radius 2 is 0.580 bits per heavy atom. The van der Waals surface area contributed by atoms with Crippen LogP contribution in [0.25, 0.3) is 105 Å². The molecule has 10 heterocycles. The Balaban J connectivity index is 1.14. The molecule has 6 aromatic heterocycles. The maximum Gasteiger partial charge on any atom is 0.0658 e. The molecule has 10 rings (SSSR count). The fourth-order valence-corrected chi connectivity index (χ4v) is 6.54. The molecule has 16 bridgehead atoms. The van der Waals surface area contributed by atoms with Crippen LogP contribution in [0.15, 0.2) is 84.9 Å². The van der Waals surface area contributed by atoms with E-state index in [1.807, 2.05) is 72.9 Å². The summed E-state index contributed by atoms with van der Waals surface area (Å²) in [5.74, 6) is 0. The normalized spacial score (nSPS) is 13.2. The summed E-state index contributed by atoms with van der Waals surface area (Å²) in [6.07, 6.45) is 20.6. The lowest BCUT2D eigenvalue weighted by Crippen LogP contribution is -1.76. The van der Waals surface area contributed by atoms with E-state index in [4.69, 9.17) is 19.9 Å². The van der Waals surface area contributed by atoms with Crippen molar-refractivity contribution in [2.75, 3.05) is 0 Å². The van der Waals surface area contributed by atoms with Gasteiger partial charge in [0.25, 0.3) is 0 Å². The van der Waals surface area contributed by atoms with E-state index < -0.39 is 0 Å². The second-order valence-electron chi connectivity index (χ2n) is 12.6. The number of hydrogen-bond acceptors (Lipinski definition) is 4. The molecular formula is C42H28N8. The highest BCUT2D eigenvalue weighted by Gasteiger charge is 2.07. The van der Waals surface area contributed by atoms with Crippen LogP contribution in [0.4, 0.5) is 0 Å². The van der Waals surface area contributed by atoms with Gasteiger partial charge in [0.1, 0.15) is 0 Å². The van der Waals surface area contributed by atoms with Gasteiger partial charge in [-0.3, -0.25) is 0 Å². The van der Waals surface area contributed by atoms with E-state index >= 15 is 0 Å². The Hall–Kier alpha value is -7.06. The third-order valence-electron chi connectivity index (χ3n) is 8.84. The Morgan fingerprint density at radius 3 is 0.900 bits per heavy atom. The van der Waals surface area contributed by atoms with Gasteiger partial charge in [0.05, 0.1) is 45.6 Å². The molecule has 0 fully saturated rings. The highest BCUT2D eigenvalue weighted by Crippen LogP contribution is 2.24. The minimum atomic E-state index is 0.874. The molecule has 0 radical (unpaired) electrons. The SMILES string of the molecule is C1=Cc2cc3cc(C=Cc4cc5cc6nc(cc7ccc(cc8nc(cc4[nH]5)C=C8)[nH]7)C=C6)c(cc4nc(cc5ccc(cc1n2)[nH]5)C=C4)[nH]3. The molecule has 0 aromatic carbocycles. The molecule has 4 aliphatic rings. The first-order chi connectivity index (χ1) is 24.6. The summed E-state index contributed by atoms with van der Waals surface area (Å²) in [5.41, 5.74) is 16.9. The van der Waals surface area contributed by atoms with E-state index in [0.29, 0.717) is 0 Å². The molecule has 0 spiro atoms. The summed E-state index contributed by atoms with van der Waals surface area (Å²) in [5, 5.41) is 0. The summed E-state index contributed by atoms with van der Waals surface area (Å²) >= 11 is 0. The smallest absolute Gasteiger partial charge is 0.0658 e. The zero-order valence-electron chi connectivity index (χ0n) is 26.6. The largest absolute Gasteiger partial charge is 0.355 e. The maximum absolute atomic E-state index is 4.87. The third-order valence-corrected chi connectivity index (χ3v) is 8.84. The Morgan fingerprint density at radius 1 is 0.300 bits per heavy atom. The summed E-state index contributed by atoms with van der Waals surface area (Å²) in [6.45, 7) is 0. The van der Waals surface area contributed by atoms with Crippen molar-refractivity contribution in [3.63, 3.8) is 0 Å². The van der Waals surface area contributed by atoms with E-state index in [1.165, 1.54) is 0 Å². The van der Waals surface area contributed by atoms with E-state index in [9.17, 15) is 0 Å². The zero-order valence-corrected chi connectivity index (χ0v) is 26.6. The standard InChI is InChI=1S/C42H28N8/c1(25-15-39-21-35-9-7-31(45-35)17-27-3-5-29(43-27)19-33-11-13-37(47-33)23-41(25)49-39)2-26-16-40-22-36-10-8-32(46-36)18-28-4-6-30(44-28)20-34-12-14-38(48-34)24-42(26)50-40/h1-24,43-44,49-50H. The molecule has 50 heavy (non-hydrogen) atoms. The van der Waals surface area contributed by atoms with Gasteiger partial charge < -0.3 is 19.9 Å². The van der Waals surface area contributed by atoms with Gasteiger partial charge in [-0.2, -0.15) is 0 Å². The van der Waals surface area contributed by atoms with Crippen LogP contribution in [0.3, 0.4) is 0 Å². The molecule has 0 unspecified atom stereocenters. The van der Waals surface area contributed by atoms with Gasteiger partial charge >= 0.3 is 0 Å². The topological polar surface area (TPSA) is 115 Å². The Bertz CT molecular complexity index is 2690. The number of rotatable bonds is 2. The number of hydrogen-bond donors (Lipinski definition) is 4. The van der Waals surface area contributed by atoms with E-state index in [2.05, 4.69) is 92.8 Å². The second kappa shape index (κ2) is 11.3. The zero-order chi connectivity index (χ0) is 33.0. The molecule has 0 atom stereocenters. The molecule has 0 aliphatic carbocycles. The van der Waals surface area contributed by atoms with Crippen molar-refractivity contribution < 1.29 is 0 Å². The first kappa shape index (κ1) is 28.0.